The van der Waals surface area contributed by atoms with Gasteiger partial charge in [-0.3, -0.25) is 0 Å². The second-order valence-corrected chi connectivity index (χ2v) is 2.45. The quantitative estimate of drug-likeness (QED) is 0.571. The van der Waals surface area contributed by atoms with Crippen LogP contribution in [-0.2, 0) is 4.74 Å². The molecule has 1 saturated carbocycles. The summed E-state index contributed by atoms with van der Waals surface area (Å²) < 4.78 is 4.94. The van der Waals surface area contributed by atoms with E-state index in [1.54, 1.807) is 7.11 Å². The molecular weight excluding hydrogens is 102 g/mol. The Balaban J connectivity index is 1.99. The van der Waals surface area contributed by atoms with E-state index in [-0.39, 0.29) is 0 Å². The maximum Gasteiger partial charge on any atom is 0.0493 e. The van der Waals surface area contributed by atoms with Crippen molar-refractivity contribution in [1.29, 1.82) is 0 Å². The highest BCUT2D eigenvalue weighted by Gasteiger charge is 2.34. The topological polar surface area (TPSA) is 35.2 Å². The fourth-order valence-corrected chi connectivity index (χ4v) is 1.02. The molecule has 8 heavy (non-hydrogen) atoms. The van der Waals surface area contributed by atoms with Crippen molar-refractivity contribution < 1.29 is 4.74 Å². The lowest BCUT2D eigenvalue weighted by Gasteiger charge is -1.92. The molecule has 2 nitrogen and oxygen atoms in total. The Hall–Kier alpha value is -0.0800. The summed E-state index contributed by atoms with van der Waals surface area (Å²) >= 11 is 0. The molecule has 2 atom stereocenters. The van der Waals surface area contributed by atoms with Gasteiger partial charge in [0.1, 0.15) is 0 Å². The second-order valence-electron chi connectivity index (χ2n) is 2.45. The van der Waals surface area contributed by atoms with Gasteiger partial charge >= 0.3 is 0 Å². The lowest BCUT2D eigenvalue weighted by atomic mass is 10.3. The zero-order chi connectivity index (χ0) is 5.98. The minimum Gasteiger partial charge on any atom is -0.384 e. The highest BCUT2D eigenvalue weighted by atomic mass is 16.5. The number of ether oxygens (including phenoxy) is 1. The van der Waals surface area contributed by atoms with Crippen LogP contribution in [0, 0.1) is 11.8 Å². The average Bonchev–Trinajstić information content (AvgIpc) is 2.48. The van der Waals surface area contributed by atoms with Crippen molar-refractivity contribution in [3.05, 3.63) is 0 Å². The van der Waals surface area contributed by atoms with E-state index >= 15 is 0 Å². The van der Waals surface area contributed by atoms with Crippen molar-refractivity contribution in [2.24, 2.45) is 17.6 Å². The van der Waals surface area contributed by atoms with E-state index in [1.807, 2.05) is 0 Å². The molecule has 1 fully saturated rings. The number of nitrogens with two attached hydrogens (primary N) is 1. The number of hydrogen-bond acceptors (Lipinski definition) is 2. The Morgan fingerprint density at radius 1 is 1.62 bits per heavy atom. The van der Waals surface area contributed by atoms with E-state index in [0.717, 1.165) is 25.0 Å². The first kappa shape index (κ1) is 6.05. The number of hydrogen-bond donors (Lipinski definition) is 1. The van der Waals surface area contributed by atoms with Gasteiger partial charge in [0.25, 0.3) is 0 Å². The zero-order valence-electron chi connectivity index (χ0n) is 5.26. The van der Waals surface area contributed by atoms with Crippen molar-refractivity contribution in [2.75, 3.05) is 20.3 Å². The third-order valence-corrected chi connectivity index (χ3v) is 1.75. The van der Waals surface area contributed by atoms with Crippen molar-refractivity contribution in [1.82, 2.24) is 0 Å². The molecule has 0 saturated heterocycles. The zero-order valence-corrected chi connectivity index (χ0v) is 5.26. The molecular formula is C6H13NO. The highest BCUT2D eigenvalue weighted by Crippen LogP contribution is 2.36. The molecule has 1 aliphatic carbocycles. The summed E-state index contributed by atoms with van der Waals surface area (Å²) in [5.74, 6) is 1.56. The smallest absolute Gasteiger partial charge is 0.0493 e. The lowest BCUT2D eigenvalue weighted by molar-refractivity contribution is 0.181. The molecule has 0 radical (unpaired) electrons. The molecule has 0 aliphatic heterocycles. The van der Waals surface area contributed by atoms with Gasteiger partial charge in [0.05, 0.1) is 0 Å². The Morgan fingerprint density at radius 3 is 2.75 bits per heavy atom. The van der Waals surface area contributed by atoms with Crippen LogP contribution in [0.3, 0.4) is 0 Å². The average molecular weight is 115 g/mol. The molecule has 0 spiro atoms. The Bertz CT molecular complexity index is 74.9. The molecule has 1 rings (SSSR count). The third kappa shape index (κ3) is 1.20. The lowest BCUT2D eigenvalue weighted by Crippen LogP contribution is -2.04. The molecule has 1 aliphatic rings. The molecule has 0 bridgehead atoms. The van der Waals surface area contributed by atoms with Gasteiger partial charge in [0, 0.05) is 13.7 Å². The van der Waals surface area contributed by atoms with Crippen LogP contribution in [0.4, 0.5) is 0 Å². The highest BCUT2D eigenvalue weighted by molar-refractivity contribution is 4.86. The number of rotatable bonds is 3. The summed E-state index contributed by atoms with van der Waals surface area (Å²) in [6.07, 6.45) is 1.28. The predicted molar refractivity (Wildman–Crippen MR) is 32.5 cm³/mol. The maximum atomic E-state index is 5.40. The third-order valence-electron chi connectivity index (χ3n) is 1.75. The van der Waals surface area contributed by atoms with E-state index in [0.29, 0.717) is 0 Å². The molecule has 0 aromatic carbocycles. The maximum absolute atomic E-state index is 5.40. The molecule has 2 N–H and O–H groups in total. The van der Waals surface area contributed by atoms with Crippen LogP contribution < -0.4 is 5.73 Å². The van der Waals surface area contributed by atoms with Gasteiger partial charge in [-0.25, -0.2) is 0 Å². The Kier molecular flexibility index (Phi) is 1.86. The van der Waals surface area contributed by atoms with Gasteiger partial charge in [-0.15, -0.1) is 0 Å². The molecule has 0 amide bonds. The fraction of sp³-hybridized carbons (Fsp3) is 1.00. The Morgan fingerprint density at radius 2 is 2.38 bits per heavy atom. The van der Waals surface area contributed by atoms with Gasteiger partial charge in [0.15, 0.2) is 0 Å². The van der Waals surface area contributed by atoms with Crippen LogP contribution in [0.2, 0.25) is 0 Å². The van der Waals surface area contributed by atoms with Gasteiger partial charge in [-0.05, 0) is 24.8 Å². The second kappa shape index (κ2) is 2.46. The molecule has 48 valence electrons. The summed E-state index contributed by atoms with van der Waals surface area (Å²) in [4.78, 5) is 0. The van der Waals surface area contributed by atoms with Gasteiger partial charge in [-0.1, -0.05) is 0 Å². The molecule has 0 aromatic heterocycles. The Labute approximate surface area is 50.0 Å². The molecule has 2 heteroatoms. The largest absolute Gasteiger partial charge is 0.384 e. The van der Waals surface area contributed by atoms with Crippen LogP contribution in [0.1, 0.15) is 6.42 Å². The summed E-state index contributed by atoms with van der Waals surface area (Å²) in [6.45, 7) is 1.75. The summed E-state index contributed by atoms with van der Waals surface area (Å²) in [5.41, 5.74) is 5.40. The fourth-order valence-electron chi connectivity index (χ4n) is 1.02. The van der Waals surface area contributed by atoms with Crippen LogP contribution in [0.5, 0.6) is 0 Å². The van der Waals surface area contributed by atoms with Crippen molar-refractivity contribution in [3.8, 4) is 0 Å². The normalized spacial score (nSPS) is 35.2. The van der Waals surface area contributed by atoms with Crippen LogP contribution >= 0.6 is 0 Å². The van der Waals surface area contributed by atoms with Gasteiger partial charge < -0.3 is 10.5 Å². The van der Waals surface area contributed by atoms with Crippen molar-refractivity contribution >= 4 is 0 Å². The first-order valence-electron chi connectivity index (χ1n) is 3.07. The molecule has 0 heterocycles. The monoisotopic (exact) mass is 115 g/mol. The van der Waals surface area contributed by atoms with Crippen LogP contribution in [0.25, 0.3) is 0 Å². The molecule has 0 unspecified atom stereocenters. The van der Waals surface area contributed by atoms with E-state index in [4.69, 9.17) is 10.5 Å². The summed E-state index contributed by atoms with van der Waals surface area (Å²) in [7, 11) is 1.74. The predicted octanol–water partition coefficient (Wildman–Crippen LogP) is 0.228. The van der Waals surface area contributed by atoms with Crippen molar-refractivity contribution in [3.63, 3.8) is 0 Å². The SMILES string of the molecule is COC[C@H]1C[C@H]1CN. The summed E-state index contributed by atoms with van der Waals surface area (Å²) in [6, 6.07) is 0. The van der Waals surface area contributed by atoms with Crippen molar-refractivity contribution in [2.45, 2.75) is 6.42 Å². The minimum atomic E-state index is 0.773. The van der Waals surface area contributed by atoms with Gasteiger partial charge in [0.2, 0.25) is 0 Å². The molecule has 0 aromatic rings. The van der Waals surface area contributed by atoms with Crippen LogP contribution in [0.15, 0.2) is 0 Å². The van der Waals surface area contributed by atoms with E-state index in [1.165, 1.54) is 6.42 Å². The first-order valence-corrected chi connectivity index (χ1v) is 3.07. The van der Waals surface area contributed by atoms with E-state index in [2.05, 4.69) is 0 Å². The van der Waals surface area contributed by atoms with E-state index in [9.17, 15) is 0 Å². The minimum absolute atomic E-state index is 0.773. The summed E-state index contributed by atoms with van der Waals surface area (Å²) in [5, 5.41) is 0. The standard InChI is InChI=1S/C6H13NO/c1-8-4-6-2-5(6)3-7/h5-6H,2-4,7H2,1H3/t5-,6+/m0/s1. The first-order chi connectivity index (χ1) is 3.88. The number of methoxy groups -OCH3 is 1. The van der Waals surface area contributed by atoms with Crippen LogP contribution in [-0.4, -0.2) is 20.3 Å². The van der Waals surface area contributed by atoms with E-state index < -0.39 is 0 Å². The van der Waals surface area contributed by atoms with Gasteiger partial charge in [-0.2, -0.15) is 0 Å².